The third-order valence-corrected chi connectivity index (χ3v) is 7.80. The van der Waals surface area contributed by atoms with E-state index in [1.165, 1.54) is 0 Å². The molecule has 0 fully saturated rings. The number of aromatic nitrogens is 2. The van der Waals surface area contributed by atoms with Gasteiger partial charge in [-0.15, -0.1) is 6.58 Å². The summed E-state index contributed by atoms with van der Waals surface area (Å²) in [5.41, 5.74) is 4.69. The van der Waals surface area contributed by atoms with Crippen molar-refractivity contribution in [3.8, 4) is 16.9 Å². The van der Waals surface area contributed by atoms with Crippen molar-refractivity contribution in [2.45, 2.75) is 65.3 Å². The number of anilines is 2. The molecule has 8 nitrogen and oxygen atoms in total. The van der Waals surface area contributed by atoms with Gasteiger partial charge in [0.1, 0.15) is 17.1 Å². The summed E-state index contributed by atoms with van der Waals surface area (Å²) in [4.78, 5) is 34.9. The number of urea groups is 1. The Kier molecular flexibility index (Phi) is 11.5. The van der Waals surface area contributed by atoms with Crippen LogP contribution in [0, 0.1) is 0 Å². The number of para-hydroxylation sites is 1. The van der Waals surface area contributed by atoms with Crippen molar-refractivity contribution < 1.29 is 9.53 Å². The van der Waals surface area contributed by atoms with Gasteiger partial charge in [0, 0.05) is 35.9 Å². The summed E-state index contributed by atoms with van der Waals surface area (Å²) in [5, 5.41) is 6.87. The van der Waals surface area contributed by atoms with Crippen molar-refractivity contribution in [3.63, 3.8) is 0 Å². The third kappa shape index (κ3) is 8.19. The number of pyridine rings is 2. The van der Waals surface area contributed by atoms with Crippen LogP contribution in [0.4, 0.5) is 16.2 Å². The highest BCUT2D eigenvalue weighted by Crippen LogP contribution is 2.36. The van der Waals surface area contributed by atoms with Gasteiger partial charge >= 0.3 is 6.03 Å². The Balaban J connectivity index is 1.83. The van der Waals surface area contributed by atoms with E-state index in [2.05, 4.69) is 54.8 Å². The molecular formula is C37H47N5O3. The highest BCUT2D eigenvalue weighted by Gasteiger charge is 2.23. The van der Waals surface area contributed by atoms with Crippen LogP contribution >= 0.6 is 0 Å². The summed E-state index contributed by atoms with van der Waals surface area (Å²) >= 11 is 0. The first-order valence-electron chi connectivity index (χ1n) is 15.8. The molecular weight excluding hydrogens is 562 g/mol. The smallest absolute Gasteiger partial charge is 0.323 e. The zero-order valence-corrected chi connectivity index (χ0v) is 27.5. The van der Waals surface area contributed by atoms with Crippen molar-refractivity contribution in [3.05, 3.63) is 94.9 Å². The molecule has 4 rings (SSSR count). The zero-order chi connectivity index (χ0) is 32.5. The minimum Gasteiger partial charge on any atom is -0.494 e. The molecule has 2 N–H and O–H groups in total. The molecule has 0 aliphatic carbocycles. The molecule has 0 radical (unpaired) electrons. The lowest BCUT2D eigenvalue weighted by atomic mass is 9.93. The number of allylic oxidation sites excluding steroid dienone is 1. The van der Waals surface area contributed by atoms with Crippen molar-refractivity contribution in [1.82, 2.24) is 14.5 Å². The Morgan fingerprint density at radius 2 is 1.67 bits per heavy atom. The van der Waals surface area contributed by atoms with Crippen molar-refractivity contribution in [1.29, 1.82) is 0 Å². The zero-order valence-electron chi connectivity index (χ0n) is 27.5. The number of nitrogens with zero attached hydrogens (tertiary/aromatic N) is 3. The summed E-state index contributed by atoms with van der Waals surface area (Å²) in [6.07, 6.45) is 5.88. The molecule has 0 spiro atoms. The molecule has 0 bridgehead atoms. The normalized spacial score (nSPS) is 11.4. The number of ether oxygens (including phenoxy) is 1. The van der Waals surface area contributed by atoms with Gasteiger partial charge in [-0.25, -0.2) is 9.78 Å². The molecule has 0 atom stereocenters. The Labute approximate surface area is 267 Å². The topological polar surface area (TPSA) is 88.5 Å². The van der Waals surface area contributed by atoms with E-state index in [-0.39, 0.29) is 23.1 Å². The number of unbranched alkanes of at least 4 members (excludes halogenated alkanes) is 1. The van der Waals surface area contributed by atoms with Gasteiger partial charge in [-0.3, -0.25) is 9.36 Å². The standard InChI is InChI=1S/C37H47N5O3/c1-8-9-10-22-42-35-31(19-13-20-38-35)32(27-15-11-16-28(24-27)45-23-14-21-41(6)7)34(36(42)43)40-37(44)39-33-29(25(2)3)17-12-18-30(33)26(4)5/h8,11-13,15-20,24-26H,1,9-10,14,21-23H2,2-7H3,(H2,39,40,44). The number of hydrogen-bond donors (Lipinski definition) is 2. The summed E-state index contributed by atoms with van der Waals surface area (Å²) in [6.45, 7) is 14.2. The Morgan fingerprint density at radius 3 is 2.33 bits per heavy atom. The van der Waals surface area contributed by atoms with Crippen LogP contribution in [0.5, 0.6) is 5.75 Å². The maximum atomic E-state index is 14.3. The van der Waals surface area contributed by atoms with E-state index < -0.39 is 6.03 Å². The molecule has 238 valence electrons. The average molecular weight is 610 g/mol. The molecule has 0 aliphatic rings. The Bertz CT molecular complexity index is 1660. The Hall–Kier alpha value is -4.43. The second-order valence-electron chi connectivity index (χ2n) is 12.2. The van der Waals surface area contributed by atoms with Gasteiger partial charge in [-0.1, -0.05) is 64.1 Å². The minimum atomic E-state index is -0.472. The molecule has 2 aromatic carbocycles. The van der Waals surface area contributed by atoms with Crippen molar-refractivity contribution in [2.75, 3.05) is 37.9 Å². The van der Waals surface area contributed by atoms with Gasteiger partial charge in [0.05, 0.1) is 6.61 Å². The Morgan fingerprint density at radius 1 is 0.978 bits per heavy atom. The number of amides is 2. The molecule has 0 saturated heterocycles. The summed E-state index contributed by atoms with van der Waals surface area (Å²) in [6, 6.07) is 17.1. The van der Waals surface area contributed by atoms with Crippen LogP contribution in [-0.4, -0.2) is 47.7 Å². The summed E-state index contributed by atoms with van der Waals surface area (Å²) < 4.78 is 7.74. The van der Waals surface area contributed by atoms with E-state index in [1.807, 2.05) is 74.8 Å². The molecule has 45 heavy (non-hydrogen) atoms. The van der Waals surface area contributed by atoms with E-state index in [9.17, 15) is 9.59 Å². The van der Waals surface area contributed by atoms with E-state index in [0.717, 1.165) is 53.6 Å². The molecule has 2 aromatic heterocycles. The lowest BCUT2D eigenvalue weighted by Gasteiger charge is -2.22. The van der Waals surface area contributed by atoms with E-state index in [1.54, 1.807) is 10.8 Å². The molecule has 0 saturated carbocycles. The van der Waals surface area contributed by atoms with Crippen LogP contribution in [0.25, 0.3) is 22.2 Å². The first-order valence-corrected chi connectivity index (χ1v) is 15.8. The molecule has 0 unspecified atom stereocenters. The number of aryl methyl sites for hydroxylation is 1. The lowest BCUT2D eigenvalue weighted by Crippen LogP contribution is -2.30. The number of benzene rings is 2. The largest absolute Gasteiger partial charge is 0.494 e. The SMILES string of the molecule is C=CCCCn1c(=O)c(NC(=O)Nc2c(C(C)C)cccc2C(C)C)c(-c2cccc(OCCCN(C)C)c2)c2cccnc21. The molecule has 2 amide bonds. The van der Waals surface area contributed by atoms with Crippen molar-refractivity contribution >= 4 is 28.4 Å². The van der Waals surface area contributed by atoms with Crippen LogP contribution in [0.2, 0.25) is 0 Å². The molecule has 2 heterocycles. The van der Waals surface area contributed by atoms with E-state index >= 15 is 0 Å². The van der Waals surface area contributed by atoms with Gasteiger partial charge in [-0.05, 0) is 86.1 Å². The van der Waals surface area contributed by atoms with Gasteiger partial charge in [0.15, 0.2) is 0 Å². The van der Waals surface area contributed by atoms with Gasteiger partial charge < -0.3 is 20.3 Å². The van der Waals surface area contributed by atoms with Crippen molar-refractivity contribution in [2.24, 2.45) is 0 Å². The first kappa shape index (κ1) is 33.5. The van der Waals surface area contributed by atoms with Gasteiger partial charge in [-0.2, -0.15) is 0 Å². The second-order valence-corrected chi connectivity index (χ2v) is 12.2. The quantitative estimate of drug-likeness (QED) is 0.111. The van der Waals surface area contributed by atoms with Crippen LogP contribution in [0.3, 0.4) is 0 Å². The second kappa shape index (κ2) is 15.5. The van der Waals surface area contributed by atoms with Crippen LogP contribution < -0.4 is 20.9 Å². The minimum absolute atomic E-state index is 0.198. The number of nitrogens with one attached hydrogen (secondary N) is 2. The predicted octanol–water partition coefficient (Wildman–Crippen LogP) is 8.25. The number of carbonyl (C=O) groups is 1. The number of carbonyl (C=O) groups excluding carboxylic acids is 1. The fourth-order valence-corrected chi connectivity index (χ4v) is 5.56. The number of fused-ring (bicyclic) bond motifs is 1. The molecule has 0 aliphatic heterocycles. The van der Waals surface area contributed by atoms with Crippen LogP contribution in [0.1, 0.15) is 69.9 Å². The predicted molar refractivity (Wildman–Crippen MR) is 187 cm³/mol. The van der Waals surface area contributed by atoms with Gasteiger partial charge in [0.25, 0.3) is 5.56 Å². The summed E-state index contributed by atoms with van der Waals surface area (Å²) in [5.74, 6) is 1.09. The average Bonchev–Trinajstić information content (AvgIpc) is 3.01. The fraction of sp³-hybridized carbons (Fsp3) is 0.378. The van der Waals surface area contributed by atoms with Gasteiger partial charge in [0.2, 0.25) is 0 Å². The highest BCUT2D eigenvalue weighted by atomic mass is 16.5. The van der Waals surface area contributed by atoms with Crippen LogP contribution in [-0.2, 0) is 6.54 Å². The number of rotatable bonds is 14. The van der Waals surface area contributed by atoms with Crippen LogP contribution in [0.15, 0.2) is 78.2 Å². The molecule has 4 aromatic rings. The van der Waals surface area contributed by atoms with E-state index in [4.69, 9.17) is 4.74 Å². The maximum Gasteiger partial charge on any atom is 0.323 e. The van der Waals surface area contributed by atoms with E-state index in [0.29, 0.717) is 30.1 Å². The molecule has 8 heteroatoms. The highest BCUT2D eigenvalue weighted by molar-refractivity contribution is 6.07. The third-order valence-electron chi connectivity index (χ3n) is 7.80. The maximum absolute atomic E-state index is 14.3. The first-order chi connectivity index (χ1) is 21.6. The number of hydrogen-bond acceptors (Lipinski definition) is 5. The fourth-order valence-electron chi connectivity index (χ4n) is 5.56. The lowest BCUT2D eigenvalue weighted by molar-refractivity contribution is 0.262. The summed E-state index contributed by atoms with van der Waals surface area (Å²) in [7, 11) is 4.07. The monoisotopic (exact) mass is 609 g/mol.